The van der Waals surface area contributed by atoms with Crippen LogP contribution in [0.1, 0.15) is 5.82 Å². The molecule has 102 valence electrons. The van der Waals surface area contributed by atoms with E-state index >= 15 is 0 Å². The third-order valence-electron chi connectivity index (χ3n) is 2.79. The van der Waals surface area contributed by atoms with Gasteiger partial charge in [0, 0.05) is 32.1 Å². The summed E-state index contributed by atoms with van der Waals surface area (Å²) in [7, 11) is 3.29. The number of nitrogens with zero attached hydrogens (tertiary/aromatic N) is 3. The van der Waals surface area contributed by atoms with Crippen LogP contribution >= 0.6 is 0 Å². The molecule has 0 aliphatic heterocycles. The molecule has 1 aromatic heterocycles. The summed E-state index contributed by atoms with van der Waals surface area (Å²) in [5, 5.41) is 10.9. The summed E-state index contributed by atoms with van der Waals surface area (Å²) in [6.45, 7) is 0.617. The first kappa shape index (κ1) is 13.1. The lowest BCUT2D eigenvalue weighted by Crippen LogP contribution is -2.10. The molecule has 0 bridgehead atoms. The number of aryl methyl sites for hydroxylation is 1. The van der Waals surface area contributed by atoms with Crippen LogP contribution in [0.4, 0.5) is 15.8 Å². The van der Waals surface area contributed by atoms with Crippen LogP contribution in [-0.4, -0.2) is 28.4 Å². The monoisotopic (exact) mass is 265 g/mol. The number of rotatable bonds is 5. The molecule has 6 nitrogen and oxygen atoms in total. The molecule has 0 saturated carbocycles. The topological polar surface area (TPSA) is 78.0 Å². The number of benzene rings is 1. The SMILES string of the molecule is COc1cc(NCCc2nncn2C)c(N)cc1F. The van der Waals surface area contributed by atoms with Crippen LogP contribution < -0.4 is 15.8 Å². The minimum atomic E-state index is -0.473. The van der Waals surface area contributed by atoms with Gasteiger partial charge in [0.25, 0.3) is 0 Å². The average Bonchev–Trinajstić information content (AvgIpc) is 2.78. The van der Waals surface area contributed by atoms with Crippen molar-refractivity contribution in [3.63, 3.8) is 0 Å². The molecule has 19 heavy (non-hydrogen) atoms. The van der Waals surface area contributed by atoms with Gasteiger partial charge in [0.15, 0.2) is 11.6 Å². The van der Waals surface area contributed by atoms with Crippen LogP contribution in [-0.2, 0) is 13.5 Å². The van der Waals surface area contributed by atoms with E-state index in [1.54, 1.807) is 12.4 Å². The second-order valence-corrected chi connectivity index (χ2v) is 4.11. The zero-order chi connectivity index (χ0) is 13.8. The van der Waals surface area contributed by atoms with E-state index in [0.29, 0.717) is 24.3 Å². The highest BCUT2D eigenvalue weighted by atomic mass is 19.1. The Bertz CT molecular complexity index is 569. The molecule has 7 heteroatoms. The third-order valence-corrected chi connectivity index (χ3v) is 2.79. The predicted molar refractivity (Wildman–Crippen MR) is 70.6 cm³/mol. The lowest BCUT2D eigenvalue weighted by molar-refractivity contribution is 0.387. The zero-order valence-corrected chi connectivity index (χ0v) is 10.9. The molecular weight excluding hydrogens is 249 g/mol. The van der Waals surface area contributed by atoms with Gasteiger partial charge in [0.2, 0.25) is 0 Å². The summed E-state index contributed by atoms with van der Waals surface area (Å²) >= 11 is 0. The van der Waals surface area contributed by atoms with Crippen molar-refractivity contribution in [3.8, 4) is 5.75 Å². The fraction of sp³-hybridized carbons (Fsp3) is 0.333. The minimum Gasteiger partial charge on any atom is -0.494 e. The summed E-state index contributed by atoms with van der Waals surface area (Å²) in [6.07, 6.45) is 2.33. The van der Waals surface area contributed by atoms with Crippen LogP contribution in [0.25, 0.3) is 0 Å². The minimum absolute atomic E-state index is 0.162. The van der Waals surface area contributed by atoms with Crippen molar-refractivity contribution < 1.29 is 9.13 Å². The summed E-state index contributed by atoms with van der Waals surface area (Å²) in [6, 6.07) is 2.78. The molecule has 0 aliphatic carbocycles. The van der Waals surface area contributed by atoms with E-state index in [4.69, 9.17) is 10.5 Å². The number of anilines is 2. The van der Waals surface area contributed by atoms with Gasteiger partial charge in [-0.25, -0.2) is 4.39 Å². The van der Waals surface area contributed by atoms with Crippen LogP contribution in [0.15, 0.2) is 18.5 Å². The number of ether oxygens (including phenoxy) is 1. The normalized spacial score (nSPS) is 10.5. The molecule has 2 rings (SSSR count). The Balaban J connectivity index is 2.01. The summed E-state index contributed by atoms with van der Waals surface area (Å²) in [5.74, 6) is 0.550. The van der Waals surface area contributed by atoms with Crippen molar-refractivity contribution in [3.05, 3.63) is 30.1 Å². The van der Waals surface area contributed by atoms with E-state index in [-0.39, 0.29) is 5.75 Å². The van der Waals surface area contributed by atoms with E-state index in [1.807, 2.05) is 11.6 Å². The number of hydrogen-bond acceptors (Lipinski definition) is 5. The number of methoxy groups -OCH3 is 1. The smallest absolute Gasteiger partial charge is 0.167 e. The Morgan fingerprint density at radius 2 is 2.26 bits per heavy atom. The molecule has 0 amide bonds. The number of nitrogen functional groups attached to an aromatic ring is 1. The largest absolute Gasteiger partial charge is 0.494 e. The van der Waals surface area contributed by atoms with Crippen molar-refractivity contribution in [2.24, 2.45) is 7.05 Å². The quantitative estimate of drug-likeness (QED) is 0.794. The van der Waals surface area contributed by atoms with Gasteiger partial charge >= 0.3 is 0 Å². The van der Waals surface area contributed by atoms with E-state index in [1.165, 1.54) is 13.2 Å². The highest BCUT2D eigenvalue weighted by molar-refractivity contribution is 5.68. The first-order valence-corrected chi connectivity index (χ1v) is 5.81. The van der Waals surface area contributed by atoms with Crippen LogP contribution in [0.2, 0.25) is 0 Å². The van der Waals surface area contributed by atoms with Crippen LogP contribution in [0.5, 0.6) is 5.75 Å². The molecule has 0 fully saturated rings. The molecular formula is C12H16FN5O. The Labute approximate surface area is 110 Å². The Kier molecular flexibility index (Phi) is 3.84. The number of nitrogens with two attached hydrogens (primary N) is 1. The molecule has 3 N–H and O–H groups in total. The average molecular weight is 265 g/mol. The predicted octanol–water partition coefficient (Wildman–Crippen LogP) is 1.20. The first-order chi connectivity index (χ1) is 9.11. The van der Waals surface area contributed by atoms with E-state index in [0.717, 1.165) is 5.82 Å². The molecule has 1 aromatic carbocycles. The van der Waals surface area contributed by atoms with Gasteiger partial charge in [0.1, 0.15) is 12.2 Å². The Hall–Kier alpha value is -2.31. The van der Waals surface area contributed by atoms with Gasteiger partial charge in [-0.15, -0.1) is 10.2 Å². The summed E-state index contributed by atoms with van der Waals surface area (Å²) in [5.41, 5.74) is 6.73. The Morgan fingerprint density at radius 3 is 2.89 bits per heavy atom. The number of aromatic nitrogens is 3. The number of nitrogens with one attached hydrogen (secondary N) is 1. The molecule has 0 atom stereocenters. The summed E-state index contributed by atoms with van der Waals surface area (Å²) < 4.78 is 20.1. The highest BCUT2D eigenvalue weighted by Gasteiger charge is 2.08. The number of hydrogen-bond donors (Lipinski definition) is 2. The van der Waals surface area contributed by atoms with Crippen molar-refractivity contribution in [2.75, 3.05) is 24.7 Å². The van der Waals surface area contributed by atoms with Gasteiger partial charge in [-0.3, -0.25) is 0 Å². The molecule has 0 unspecified atom stereocenters. The maximum absolute atomic E-state index is 13.4. The molecule has 0 radical (unpaired) electrons. The summed E-state index contributed by atoms with van der Waals surface area (Å²) in [4.78, 5) is 0. The van der Waals surface area contributed by atoms with E-state index in [2.05, 4.69) is 15.5 Å². The maximum Gasteiger partial charge on any atom is 0.167 e. The first-order valence-electron chi connectivity index (χ1n) is 5.81. The fourth-order valence-electron chi connectivity index (χ4n) is 1.72. The van der Waals surface area contributed by atoms with Gasteiger partial charge in [-0.2, -0.15) is 0 Å². The van der Waals surface area contributed by atoms with E-state index in [9.17, 15) is 4.39 Å². The lowest BCUT2D eigenvalue weighted by atomic mass is 10.2. The van der Waals surface area contributed by atoms with Gasteiger partial charge in [-0.1, -0.05) is 0 Å². The molecule has 2 aromatic rings. The molecule has 0 saturated heterocycles. The van der Waals surface area contributed by atoms with Crippen molar-refractivity contribution in [1.29, 1.82) is 0 Å². The third kappa shape index (κ3) is 2.93. The standard InChI is InChI=1S/C12H16FN5O/c1-18-7-16-17-12(18)3-4-15-10-6-11(19-2)8(13)5-9(10)14/h5-7,15H,3-4,14H2,1-2H3. The van der Waals surface area contributed by atoms with Gasteiger partial charge < -0.3 is 20.4 Å². The molecule has 0 aliphatic rings. The number of halogens is 1. The second kappa shape index (κ2) is 5.55. The molecule has 0 spiro atoms. The highest BCUT2D eigenvalue weighted by Crippen LogP contribution is 2.27. The van der Waals surface area contributed by atoms with Crippen LogP contribution in [0.3, 0.4) is 0 Å². The van der Waals surface area contributed by atoms with Crippen molar-refractivity contribution in [2.45, 2.75) is 6.42 Å². The van der Waals surface area contributed by atoms with Crippen LogP contribution in [0, 0.1) is 5.82 Å². The van der Waals surface area contributed by atoms with Gasteiger partial charge in [-0.05, 0) is 0 Å². The Morgan fingerprint density at radius 1 is 1.47 bits per heavy atom. The molecule has 1 heterocycles. The van der Waals surface area contributed by atoms with Crippen molar-refractivity contribution in [1.82, 2.24) is 14.8 Å². The van der Waals surface area contributed by atoms with Gasteiger partial charge in [0.05, 0.1) is 18.5 Å². The van der Waals surface area contributed by atoms with Crippen molar-refractivity contribution >= 4 is 11.4 Å². The van der Waals surface area contributed by atoms with E-state index < -0.39 is 5.82 Å². The maximum atomic E-state index is 13.4. The lowest BCUT2D eigenvalue weighted by Gasteiger charge is -2.11. The zero-order valence-electron chi connectivity index (χ0n) is 10.9. The second-order valence-electron chi connectivity index (χ2n) is 4.11. The fourth-order valence-corrected chi connectivity index (χ4v) is 1.72.